The van der Waals surface area contributed by atoms with Crippen LogP contribution >= 0.6 is 0 Å². The Labute approximate surface area is 170 Å². The normalized spacial score (nSPS) is 32.5. The molecule has 4 bridgehead atoms. The maximum Gasteiger partial charge on any atom is 0.294 e. The average Bonchev–Trinajstić information content (AvgIpc) is 2.89. The summed E-state index contributed by atoms with van der Waals surface area (Å²) in [5.74, 6) is 3.56. The van der Waals surface area contributed by atoms with Gasteiger partial charge in [0.05, 0.1) is 10.6 Å². The Kier molecular flexibility index (Phi) is 3.81. The first-order chi connectivity index (χ1) is 14.1. The fourth-order valence-corrected chi connectivity index (χ4v) is 7.30. The lowest BCUT2D eigenvalue weighted by atomic mass is 9.48. The lowest BCUT2D eigenvalue weighted by Gasteiger charge is -2.56. The third-order valence-corrected chi connectivity index (χ3v) is 7.98. The molecule has 1 aromatic carbocycles. The highest BCUT2D eigenvalue weighted by atomic mass is 16.6. The van der Waals surface area contributed by atoms with Crippen LogP contribution in [0.15, 0.2) is 24.3 Å². The molecule has 29 heavy (non-hydrogen) atoms. The second-order valence-corrected chi connectivity index (χ2v) is 9.92. The maximum atomic E-state index is 11.7. The van der Waals surface area contributed by atoms with Gasteiger partial charge < -0.3 is 5.32 Å². The molecule has 0 unspecified atom stereocenters. The molecule has 5 aliphatic rings. The van der Waals surface area contributed by atoms with E-state index in [0.717, 1.165) is 49.4 Å². The van der Waals surface area contributed by atoms with Crippen LogP contribution in [-0.2, 0) is 11.8 Å². The van der Waals surface area contributed by atoms with E-state index in [4.69, 9.17) is 5.10 Å². The molecule has 1 N–H and O–H groups in total. The number of rotatable bonds is 3. The van der Waals surface area contributed by atoms with Gasteiger partial charge >= 0.3 is 0 Å². The van der Waals surface area contributed by atoms with Crippen molar-refractivity contribution in [1.29, 1.82) is 0 Å². The topological polar surface area (TPSA) is 73.0 Å². The number of anilines is 1. The molecule has 1 aromatic heterocycles. The molecule has 1 aliphatic heterocycles. The zero-order chi connectivity index (χ0) is 19.6. The number of aromatic nitrogens is 2. The molecule has 0 radical (unpaired) electrons. The Balaban J connectivity index is 1.54. The number of hydrogen-bond acceptors (Lipinski definition) is 4. The van der Waals surface area contributed by atoms with Gasteiger partial charge in [0.2, 0.25) is 0 Å². The highest BCUT2D eigenvalue weighted by Crippen LogP contribution is 2.61. The van der Waals surface area contributed by atoms with Crippen LogP contribution in [0.4, 0.5) is 11.5 Å². The lowest BCUT2D eigenvalue weighted by Crippen LogP contribution is -2.49. The minimum absolute atomic E-state index is 0.126. The van der Waals surface area contributed by atoms with Crippen LogP contribution in [0, 0.1) is 27.9 Å². The van der Waals surface area contributed by atoms with Crippen molar-refractivity contribution in [3.05, 3.63) is 45.6 Å². The summed E-state index contributed by atoms with van der Waals surface area (Å²) in [7, 11) is 0. The van der Waals surface area contributed by atoms with Gasteiger partial charge in [-0.25, -0.2) is 4.68 Å². The van der Waals surface area contributed by atoms with E-state index in [1.54, 1.807) is 12.1 Å². The molecule has 0 saturated heterocycles. The van der Waals surface area contributed by atoms with Crippen LogP contribution in [0.1, 0.15) is 62.6 Å². The van der Waals surface area contributed by atoms with E-state index in [2.05, 4.69) is 5.32 Å². The molecule has 6 heteroatoms. The summed E-state index contributed by atoms with van der Waals surface area (Å²) in [5, 5.41) is 20.5. The Hall–Kier alpha value is -2.37. The van der Waals surface area contributed by atoms with Gasteiger partial charge in [0, 0.05) is 23.6 Å². The van der Waals surface area contributed by atoms with E-state index >= 15 is 0 Å². The molecule has 7 rings (SSSR count). The number of nitro benzene ring substituents is 1. The Morgan fingerprint density at radius 2 is 1.76 bits per heavy atom. The predicted octanol–water partition coefficient (Wildman–Crippen LogP) is 5.00. The van der Waals surface area contributed by atoms with E-state index in [-0.39, 0.29) is 16.0 Å². The molecule has 2 heterocycles. The van der Waals surface area contributed by atoms with Crippen molar-refractivity contribution < 1.29 is 4.92 Å². The fraction of sp³-hybridized carbons (Fsp3) is 0.609. The molecular formula is C23H28N4O2. The van der Waals surface area contributed by atoms with Crippen molar-refractivity contribution in [2.75, 3.05) is 11.9 Å². The van der Waals surface area contributed by atoms with Crippen LogP contribution in [-0.4, -0.2) is 21.2 Å². The smallest absolute Gasteiger partial charge is 0.294 e. The van der Waals surface area contributed by atoms with E-state index in [1.165, 1.54) is 49.8 Å². The first-order valence-corrected chi connectivity index (χ1v) is 11.2. The Morgan fingerprint density at radius 3 is 2.45 bits per heavy atom. The van der Waals surface area contributed by atoms with Crippen molar-refractivity contribution in [3.8, 4) is 5.69 Å². The highest BCUT2D eigenvalue weighted by Gasteiger charge is 2.54. The van der Waals surface area contributed by atoms with Crippen LogP contribution in [0.3, 0.4) is 0 Å². The third kappa shape index (κ3) is 2.64. The summed E-state index contributed by atoms with van der Waals surface area (Å²) < 4.78 is 1.87. The molecule has 4 saturated carbocycles. The van der Waals surface area contributed by atoms with Gasteiger partial charge in [0.25, 0.3) is 5.69 Å². The van der Waals surface area contributed by atoms with Gasteiger partial charge in [-0.1, -0.05) is 12.1 Å². The quantitative estimate of drug-likeness (QED) is 0.589. The molecule has 0 atom stereocenters. The van der Waals surface area contributed by atoms with Gasteiger partial charge in [-0.15, -0.1) is 0 Å². The minimum Gasteiger partial charge on any atom is -0.370 e. The number of benzene rings is 1. The predicted molar refractivity (Wildman–Crippen MR) is 111 cm³/mol. The number of nitro groups is 1. The SMILES string of the molecule is O=[N+]([O-])c1ccccc1-n1nc(C23CC4CC(CC(C4)C2)C3)c2c1NCCCC2. The molecule has 0 amide bonds. The maximum absolute atomic E-state index is 11.7. The number of para-hydroxylation sites is 2. The van der Waals surface area contributed by atoms with Crippen LogP contribution < -0.4 is 5.32 Å². The zero-order valence-corrected chi connectivity index (χ0v) is 16.8. The van der Waals surface area contributed by atoms with Crippen molar-refractivity contribution in [1.82, 2.24) is 9.78 Å². The molecule has 152 valence electrons. The molecule has 2 aromatic rings. The summed E-state index contributed by atoms with van der Waals surface area (Å²) in [5.41, 5.74) is 3.50. The van der Waals surface area contributed by atoms with E-state index in [1.807, 2.05) is 16.8 Å². The Morgan fingerprint density at radius 1 is 1.07 bits per heavy atom. The van der Waals surface area contributed by atoms with Gasteiger partial charge in [0.15, 0.2) is 0 Å². The molecular weight excluding hydrogens is 364 g/mol. The fourth-order valence-electron chi connectivity index (χ4n) is 7.30. The highest BCUT2D eigenvalue weighted by molar-refractivity contribution is 5.61. The zero-order valence-electron chi connectivity index (χ0n) is 16.8. The summed E-state index contributed by atoms with van der Waals surface area (Å²) in [6.07, 6.45) is 11.3. The van der Waals surface area contributed by atoms with Crippen molar-refractivity contribution >= 4 is 11.5 Å². The summed E-state index contributed by atoms with van der Waals surface area (Å²) in [6, 6.07) is 7.03. The largest absolute Gasteiger partial charge is 0.370 e. The first kappa shape index (κ1) is 17.5. The monoisotopic (exact) mass is 392 g/mol. The van der Waals surface area contributed by atoms with Crippen LogP contribution in [0.2, 0.25) is 0 Å². The Bertz CT molecular complexity index is 944. The standard InChI is InChI=1S/C23H28N4O2/c28-27(29)20-7-2-1-6-19(20)26-22-18(5-3-4-8-24-22)21(25-26)23-12-15-9-16(13-23)11-17(10-15)14-23/h1-2,6-7,15-17,24H,3-5,8-14H2. The second kappa shape index (κ2) is 6.31. The van der Waals surface area contributed by atoms with Crippen molar-refractivity contribution in [2.45, 2.75) is 63.2 Å². The lowest BCUT2D eigenvalue weighted by molar-refractivity contribution is -0.384. The minimum atomic E-state index is -0.287. The van der Waals surface area contributed by atoms with Crippen molar-refractivity contribution in [3.63, 3.8) is 0 Å². The average molecular weight is 393 g/mol. The summed E-state index contributed by atoms with van der Waals surface area (Å²) in [4.78, 5) is 11.4. The van der Waals surface area contributed by atoms with E-state index in [9.17, 15) is 10.1 Å². The molecule has 6 nitrogen and oxygen atoms in total. The van der Waals surface area contributed by atoms with Gasteiger partial charge in [-0.2, -0.15) is 5.10 Å². The first-order valence-electron chi connectivity index (χ1n) is 11.2. The summed E-state index contributed by atoms with van der Waals surface area (Å²) >= 11 is 0. The van der Waals surface area contributed by atoms with Crippen LogP contribution in [0.5, 0.6) is 0 Å². The number of hydrogen-bond donors (Lipinski definition) is 1. The molecule has 0 spiro atoms. The van der Waals surface area contributed by atoms with Crippen molar-refractivity contribution in [2.24, 2.45) is 17.8 Å². The van der Waals surface area contributed by atoms with Gasteiger partial charge in [-0.3, -0.25) is 10.1 Å². The molecule has 4 aliphatic carbocycles. The van der Waals surface area contributed by atoms with Gasteiger partial charge in [0.1, 0.15) is 11.5 Å². The third-order valence-electron chi connectivity index (χ3n) is 7.98. The number of nitrogens with zero attached hydrogens (tertiary/aromatic N) is 3. The number of nitrogens with one attached hydrogen (secondary N) is 1. The van der Waals surface area contributed by atoms with E-state index < -0.39 is 0 Å². The molecule has 4 fully saturated rings. The van der Waals surface area contributed by atoms with Gasteiger partial charge in [-0.05, 0) is 81.6 Å². The summed E-state index contributed by atoms with van der Waals surface area (Å²) in [6.45, 7) is 0.902. The van der Waals surface area contributed by atoms with Crippen LogP contribution in [0.25, 0.3) is 5.69 Å². The number of fused-ring (bicyclic) bond motifs is 1. The van der Waals surface area contributed by atoms with E-state index in [0.29, 0.717) is 5.69 Å². The second-order valence-electron chi connectivity index (χ2n) is 9.92.